The summed E-state index contributed by atoms with van der Waals surface area (Å²) in [4.78, 5) is 27.7. The lowest BCUT2D eigenvalue weighted by Crippen LogP contribution is -2.45. The summed E-state index contributed by atoms with van der Waals surface area (Å²) in [5, 5.41) is 5.24. The van der Waals surface area contributed by atoms with Crippen molar-refractivity contribution in [3.8, 4) is 0 Å². The number of rotatable bonds is 5. The van der Waals surface area contributed by atoms with Crippen molar-refractivity contribution in [2.45, 2.75) is 37.6 Å². The van der Waals surface area contributed by atoms with Gasteiger partial charge in [-0.2, -0.15) is 0 Å². The van der Waals surface area contributed by atoms with Gasteiger partial charge in [-0.25, -0.2) is 8.42 Å². The Labute approximate surface area is 147 Å². The standard InChI is InChI=1S/C16H22N4O4S/c1-16(2,3)19-14(22)10-18-13(21)8-9-17-15-11-6-4-5-7-12(11)25(23,24)20-15/h4-7H,8-10H2,1-3H3,(H,17,20)(H,18,21)(H,19,22). The summed E-state index contributed by atoms with van der Waals surface area (Å²) < 4.78 is 26.2. The maximum absolute atomic E-state index is 11.9. The summed E-state index contributed by atoms with van der Waals surface area (Å²) in [6, 6.07) is 6.51. The van der Waals surface area contributed by atoms with Crippen LogP contribution in [0.5, 0.6) is 0 Å². The van der Waals surface area contributed by atoms with Crippen LogP contribution in [0.4, 0.5) is 0 Å². The average molecular weight is 366 g/mol. The molecule has 0 fully saturated rings. The zero-order valence-corrected chi connectivity index (χ0v) is 15.2. The highest BCUT2D eigenvalue weighted by Gasteiger charge is 2.29. The van der Waals surface area contributed by atoms with Gasteiger partial charge in [0.05, 0.1) is 18.0 Å². The van der Waals surface area contributed by atoms with Crippen LogP contribution in [0.25, 0.3) is 0 Å². The van der Waals surface area contributed by atoms with Crippen LogP contribution >= 0.6 is 0 Å². The molecule has 0 saturated heterocycles. The zero-order valence-electron chi connectivity index (χ0n) is 14.4. The van der Waals surface area contributed by atoms with Crippen molar-refractivity contribution in [2.24, 2.45) is 4.99 Å². The van der Waals surface area contributed by atoms with E-state index in [0.29, 0.717) is 5.56 Å². The van der Waals surface area contributed by atoms with Gasteiger partial charge in [-0.3, -0.25) is 19.3 Å². The molecule has 0 spiro atoms. The van der Waals surface area contributed by atoms with Gasteiger partial charge in [0.15, 0.2) is 0 Å². The van der Waals surface area contributed by atoms with E-state index in [4.69, 9.17) is 0 Å². The third-order valence-electron chi connectivity index (χ3n) is 3.23. The van der Waals surface area contributed by atoms with Crippen molar-refractivity contribution in [3.63, 3.8) is 0 Å². The summed E-state index contributed by atoms with van der Waals surface area (Å²) in [7, 11) is -3.58. The van der Waals surface area contributed by atoms with E-state index in [-0.39, 0.29) is 47.6 Å². The number of nitrogens with zero attached hydrogens (tertiary/aromatic N) is 1. The molecule has 0 aromatic heterocycles. The van der Waals surface area contributed by atoms with Gasteiger partial charge >= 0.3 is 0 Å². The van der Waals surface area contributed by atoms with Gasteiger partial charge in [0, 0.05) is 17.5 Å². The minimum absolute atomic E-state index is 0.0518. The highest BCUT2D eigenvalue weighted by atomic mass is 32.2. The Kier molecular flexibility index (Phi) is 5.46. The van der Waals surface area contributed by atoms with Crippen LogP contribution in [0.1, 0.15) is 32.8 Å². The van der Waals surface area contributed by atoms with Gasteiger partial charge in [-0.05, 0) is 32.9 Å². The van der Waals surface area contributed by atoms with Crippen LogP contribution in [0.3, 0.4) is 0 Å². The number of hydrogen-bond acceptors (Lipinski definition) is 5. The van der Waals surface area contributed by atoms with E-state index in [0.717, 1.165) is 0 Å². The van der Waals surface area contributed by atoms with Crippen molar-refractivity contribution in [1.29, 1.82) is 0 Å². The Hall–Kier alpha value is -2.42. The lowest BCUT2D eigenvalue weighted by molar-refractivity contribution is -0.126. The quantitative estimate of drug-likeness (QED) is 0.687. The molecule has 0 aliphatic carbocycles. The molecule has 1 heterocycles. The number of aliphatic imine (C=N–C) groups is 1. The monoisotopic (exact) mass is 366 g/mol. The second-order valence-electron chi connectivity index (χ2n) is 6.66. The normalized spacial score (nSPS) is 16.8. The molecule has 3 N–H and O–H groups in total. The number of nitrogens with one attached hydrogen (secondary N) is 3. The third-order valence-corrected chi connectivity index (χ3v) is 4.63. The van der Waals surface area contributed by atoms with E-state index in [1.165, 1.54) is 6.07 Å². The summed E-state index contributed by atoms with van der Waals surface area (Å²) in [5.41, 5.74) is 0.133. The molecule has 0 unspecified atom stereocenters. The molecule has 2 amide bonds. The number of amides is 2. The number of hydrogen-bond donors (Lipinski definition) is 3. The molecule has 0 bridgehead atoms. The van der Waals surface area contributed by atoms with Crippen LogP contribution in [-0.2, 0) is 19.6 Å². The second kappa shape index (κ2) is 7.22. The molecule has 8 nitrogen and oxygen atoms in total. The molecule has 0 saturated carbocycles. The summed E-state index contributed by atoms with van der Waals surface area (Å²) >= 11 is 0. The highest BCUT2D eigenvalue weighted by molar-refractivity contribution is 7.90. The van der Waals surface area contributed by atoms with Gasteiger partial charge in [-0.15, -0.1) is 0 Å². The van der Waals surface area contributed by atoms with Gasteiger partial charge in [0.2, 0.25) is 11.8 Å². The molecule has 1 aliphatic rings. The first-order chi connectivity index (χ1) is 11.6. The minimum Gasteiger partial charge on any atom is -0.350 e. The van der Waals surface area contributed by atoms with E-state index in [9.17, 15) is 18.0 Å². The van der Waals surface area contributed by atoms with Crippen LogP contribution < -0.4 is 15.4 Å². The predicted molar refractivity (Wildman–Crippen MR) is 93.7 cm³/mol. The third kappa shape index (κ3) is 5.28. The lowest BCUT2D eigenvalue weighted by Gasteiger charge is -2.20. The Morgan fingerprint density at radius 3 is 2.52 bits per heavy atom. The van der Waals surface area contributed by atoms with Gasteiger partial charge in [-0.1, -0.05) is 12.1 Å². The molecule has 136 valence electrons. The molecular formula is C16H22N4O4S. The van der Waals surface area contributed by atoms with E-state index in [1.807, 2.05) is 20.8 Å². The van der Waals surface area contributed by atoms with Crippen LogP contribution in [0, 0.1) is 0 Å². The smallest absolute Gasteiger partial charge is 0.263 e. The molecule has 0 atom stereocenters. The fraction of sp³-hybridized carbons (Fsp3) is 0.438. The van der Waals surface area contributed by atoms with E-state index >= 15 is 0 Å². The van der Waals surface area contributed by atoms with Crippen molar-refractivity contribution in [2.75, 3.05) is 13.1 Å². The molecule has 1 aliphatic heterocycles. The summed E-state index contributed by atoms with van der Waals surface area (Å²) in [6.45, 7) is 5.55. The molecule has 1 aromatic carbocycles. The molecule has 2 rings (SSSR count). The van der Waals surface area contributed by atoms with Crippen molar-refractivity contribution in [1.82, 2.24) is 15.4 Å². The van der Waals surface area contributed by atoms with Crippen LogP contribution in [-0.4, -0.2) is 44.7 Å². The summed E-state index contributed by atoms with van der Waals surface area (Å²) in [6.07, 6.45) is 0.0518. The molecule has 25 heavy (non-hydrogen) atoms. The Morgan fingerprint density at radius 1 is 1.16 bits per heavy atom. The van der Waals surface area contributed by atoms with Gasteiger partial charge in [0.1, 0.15) is 5.84 Å². The fourth-order valence-corrected chi connectivity index (χ4v) is 3.50. The van der Waals surface area contributed by atoms with E-state index < -0.39 is 10.0 Å². The number of benzene rings is 1. The van der Waals surface area contributed by atoms with Crippen molar-refractivity contribution >= 4 is 27.7 Å². The molecular weight excluding hydrogens is 344 g/mol. The SMILES string of the molecule is CC(C)(C)NC(=O)CNC(=O)CCN=C1NS(=O)(=O)c2ccccc21. The first-order valence-electron chi connectivity index (χ1n) is 7.83. The summed E-state index contributed by atoms with van der Waals surface area (Å²) in [5.74, 6) is -0.374. The van der Waals surface area contributed by atoms with Crippen LogP contribution in [0.2, 0.25) is 0 Å². The maximum Gasteiger partial charge on any atom is 0.263 e. The number of sulfonamides is 1. The number of fused-ring (bicyclic) bond motifs is 1. The van der Waals surface area contributed by atoms with Gasteiger partial charge in [0.25, 0.3) is 10.0 Å². The first kappa shape index (κ1) is 18.9. The second-order valence-corrected chi connectivity index (χ2v) is 8.31. The largest absolute Gasteiger partial charge is 0.350 e. The van der Waals surface area contributed by atoms with Crippen molar-refractivity contribution < 1.29 is 18.0 Å². The topological polar surface area (TPSA) is 117 Å². The first-order valence-corrected chi connectivity index (χ1v) is 9.31. The average Bonchev–Trinajstić information content (AvgIpc) is 2.75. The van der Waals surface area contributed by atoms with Crippen LogP contribution in [0.15, 0.2) is 34.2 Å². The Bertz CT molecular complexity index is 810. The Balaban J connectivity index is 1.86. The highest BCUT2D eigenvalue weighted by Crippen LogP contribution is 2.22. The maximum atomic E-state index is 11.9. The van der Waals surface area contributed by atoms with E-state index in [1.54, 1.807) is 18.2 Å². The minimum atomic E-state index is -3.58. The zero-order chi connectivity index (χ0) is 18.7. The number of amidine groups is 1. The molecule has 9 heteroatoms. The van der Waals surface area contributed by atoms with Gasteiger partial charge < -0.3 is 10.6 Å². The Morgan fingerprint density at radius 2 is 1.84 bits per heavy atom. The van der Waals surface area contributed by atoms with E-state index in [2.05, 4.69) is 20.3 Å². The predicted octanol–water partition coefficient (Wildman–Crippen LogP) is 0.146. The molecule has 0 radical (unpaired) electrons. The lowest BCUT2D eigenvalue weighted by atomic mass is 10.1. The van der Waals surface area contributed by atoms with Crippen molar-refractivity contribution in [3.05, 3.63) is 29.8 Å². The fourth-order valence-electron chi connectivity index (χ4n) is 2.25. The molecule has 1 aromatic rings. The number of carbonyl (C=O) groups excluding carboxylic acids is 2. The number of carbonyl (C=O) groups is 2.